The Morgan fingerprint density at radius 1 is 1.25 bits per heavy atom. The van der Waals surface area contributed by atoms with Crippen molar-refractivity contribution in [2.45, 2.75) is 6.92 Å². The highest BCUT2D eigenvalue weighted by molar-refractivity contribution is 7.80. The molecule has 0 amide bonds. The number of nitrogens with zero attached hydrogens (tertiary/aromatic N) is 2. The number of nitrogens with one attached hydrogen (secondary N) is 2. The second kappa shape index (κ2) is 6.98. The topological polar surface area (TPSA) is 49.3 Å². The smallest absolute Gasteiger partial charge is 0.191 e. The van der Waals surface area contributed by atoms with Crippen molar-refractivity contribution in [2.24, 2.45) is 5.10 Å². The largest absolute Gasteiger partial charge is 0.331 e. The zero-order valence-corrected chi connectivity index (χ0v) is 12.4. The van der Waals surface area contributed by atoms with E-state index < -0.39 is 0 Å². The molecule has 0 aliphatic rings. The number of halogens is 1. The van der Waals surface area contributed by atoms with Gasteiger partial charge in [-0.1, -0.05) is 17.7 Å². The predicted molar refractivity (Wildman–Crippen MR) is 87.4 cm³/mol. The molecule has 0 atom stereocenters. The van der Waals surface area contributed by atoms with E-state index in [0.717, 1.165) is 17.1 Å². The third kappa shape index (κ3) is 4.60. The van der Waals surface area contributed by atoms with Gasteiger partial charge in [0.15, 0.2) is 5.11 Å². The molecule has 1 aromatic heterocycles. The molecule has 0 spiro atoms. The summed E-state index contributed by atoms with van der Waals surface area (Å²) >= 11 is 10.9. The molecule has 20 heavy (non-hydrogen) atoms. The predicted octanol–water partition coefficient (Wildman–Crippen LogP) is 3.36. The number of hydrogen-bond donors (Lipinski definition) is 2. The van der Waals surface area contributed by atoms with Crippen molar-refractivity contribution in [3.05, 3.63) is 58.9 Å². The number of pyridine rings is 1. The molecule has 0 radical (unpaired) electrons. The summed E-state index contributed by atoms with van der Waals surface area (Å²) in [5.74, 6) is 0. The van der Waals surface area contributed by atoms with Crippen molar-refractivity contribution in [3.63, 3.8) is 0 Å². The van der Waals surface area contributed by atoms with Crippen LogP contribution in [0.3, 0.4) is 0 Å². The van der Waals surface area contributed by atoms with Gasteiger partial charge in [-0.15, -0.1) is 0 Å². The number of aryl methyl sites for hydroxylation is 1. The summed E-state index contributed by atoms with van der Waals surface area (Å²) in [5.41, 5.74) is 5.28. The van der Waals surface area contributed by atoms with Crippen molar-refractivity contribution in [3.8, 4) is 0 Å². The van der Waals surface area contributed by atoms with Crippen LogP contribution in [0.4, 0.5) is 5.69 Å². The van der Waals surface area contributed by atoms with Crippen molar-refractivity contribution >= 4 is 40.8 Å². The van der Waals surface area contributed by atoms with Gasteiger partial charge < -0.3 is 5.32 Å². The van der Waals surface area contributed by atoms with Crippen LogP contribution in [0.15, 0.2) is 47.6 Å². The highest BCUT2D eigenvalue weighted by atomic mass is 35.5. The average Bonchev–Trinajstić information content (AvgIpc) is 2.41. The van der Waals surface area contributed by atoms with Gasteiger partial charge in [-0.2, -0.15) is 5.10 Å². The molecule has 1 aromatic carbocycles. The summed E-state index contributed by atoms with van der Waals surface area (Å²) < 4.78 is 0. The van der Waals surface area contributed by atoms with E-state index >= 15 is 0 Å². The maximum atomic E-state index is 5.81. The monoisotopic (exact) mass is 304 g/mol. The second-order valence-corrected chi connectivity index (χ2v) is 4.88. The normalized spacial score (nSPS) is 10.5. The molecule has 6 heteroatoms. The number of anilines is 1. The summed E-state index contributed by atoms with van der Waals surface area (Å²) in [6, 6.07) is 13.0. The highest BCUT2D eigenvalue weighted by Crippen LogP contribution is 2.13. The number of hydrazone groups is 1. The fraction of sp³-hybridized carbons (Fsp3) is 0.0714. The highest BCUT2D eigenvalue weighted by Gasteiger charge is 1.96. The maximum absolute atomic E-state index is 5.81. The van der Waals surface area contributed by atoms with Gasteiger partial charge in [0.05, 0.1) is 11.9 Å². The van der Waals surface area contributed by atoms with Crippen LogP contribution in [0.25, 0.3) is 0 Å². The SMILES string of the molecule is Cc1cccc(/C=N/NC(=S)Nc2ccc(Cl)cc2)n1. The lowest BCUT2D eigenvalue weighted by molar-refractivity contribution is 1.04. The van der Waals surface area contributed by atoms with Crippen LogP contribution in [0.1, 0.15) is 11.4 Å². The lowest BCUT2D eigenvalue weighted by atomic mass is 10.3. The van der Waals surface area contributed by atoms with Gasteiger partial charge in [0, 0.05) is 16.4 Å². The molecule has 2 aromatic rings. The van der Waals surface area contributed by atoms with Gasteiger partial charge in [0.2, 0.25) is 0 Å². The molecule has 102 valence electrons. The third-order valence-corrected chi connectivity index (χ3v) is 2.82. The van der Waals surface area contributed by atoms with Gasteiger partial charge in [-0.05, 0) is 55.5 Å². The maximum Gasteiger partial charge on any atom is 0.191 e. The molecule has 0 fully saturated rings. The van der Waals surface area contributed by atoms with Crippen molar-refractivity contribution in [1.82, 2.24) is 10.4 Å². The Balaban J connectivity index is 1.87. The molecule has 0 aliphatic heterocycles. The Bertz CT molecular complexity index is 625. The van der Waals surface area contributed by atoms with E-state index in [4.69, 9.17) is 23.8 Å². The number of rotatable bonds is 3. The Morgan fingerprint density at radius 2 is 2.00 bits per heavy atom. The summed E-state index contributed by atoms with van der Waals surface area (Å²) in [4.78, 5) is 4.30. The number of hydrogen-bond acceptors (Lipinski definition) is 3. The standard InChI is InChI=1S/C14H13ClN4S/c1-10-3-2-4-13(17-10)9-16-19-14(20)18-12-7-5-11(15)6-8-12/h2-9H,1H3,(H2,18,19,20)/b16-9+. The van der Waals surface area contributed by atoms with Crippen molar-refractivity contribution in [1.29, 1.82) is 0 Å². The van der Waals surface area contributed by atoms with Gasteiger partial charge in [-0.25, -0.2) is 0 Å². The first-order valence-electron chi connectivity index (χ1n) is 5.93. The second-order valence-electron chi connectivity index (χ2n) is 4.03. The molecule has 0 saturated heterocycles. The third-order valence-electron chi connectivity index (χ3n) is 2.37. The first kappa shape index (κ1) is 14.4. The minimum Gasteiger partial charge on any atom is -0.331 e. The van der Waals surface area contributed by atoms with Crippen LogP contribution >= 0.6 is 23.8 Å². The minimum absolute atomic E-state index is 0.399. The van der Waals surface area contributed by atoms with Crippen LogP contribution in [0.2, 0.25) is 5.02 Å². The first-order valence-corrected chi connectivity index (χ1v) is 6.71. The molecule has 2 rings (SSSR count). The van der Waals surface area contributed by atoms with Crippen LogP contribution in [0.5, 0.6) is 0 Å². The first-order chi connectivity index (χ1) is 9.63. The van der Waals surface area contributed by atoms with Crippen LogP contribution in [-0.4, -0.2) is 16.3 Å². The quantitative estimate of drug-likeness (QED) is 0.518. The Labute approximate surface area is 127 Å². The molecule has 1 heterocycles. The van der Waals surface area contributed by atoms with E-state index in [-0.39, 0.29) is 0 Å². The van der Waals surface area contributed by atoms with E-state index in [0.29, 0.717) is 10.1 Å². The average molecular weight is 305 g/mol. The van der Waals surface area contributed by atoms with E-state index in [2.05, 4.69) is 20.8 Å². The number of benzene rings is 1. The molecular formula is C14H13ClN4S. The lowest BCUT2D eigenvalue weighted by Crippen LogP contribution is -2.23. The molecule has 0 unspecified atom stereocenters. The van der Waals surface area contributed by atoms with E-state index in [1.54, 1.807) is 18.3 Å². The molecule has 0 saturated carbocycles. The van der Waals surface area contributed by atoms with Crippen molar-refractivity contribution in [2.75, 3.05) is 5.32 Å². The Hall–Kier alpha value is -1.98. The van der Waals surface area contributed by atoms with Gasteiger partial charge in [-0.3, -0.25) is 10.4 Å². The van der Waals surface area contributed by atoms with Crippen molar-refractivity contribution < 1.29 is 0 Å². The zero-order valence-electron chi connectivity index (χ0n) is 10.8. The summed E-state index contributed by atoms with van der Waals surface area (Å²) in [5, 5.41) is 8.10. The van der Waals surface area contributed by atoms with Gasteiger partial charge in [0.1, 0.15) is 0 Å². The summed E-state index contributed by atoms with van der Waals surface area (Å²) in [7, 11) is 0. The van der Waals surface area contributed by atoms with Crippen LogP contribution < -0.4 is 10.7 Å². The van der Waals surface area contributed by atoms with Crippen LogP contribution in [-0.2, 0) is 0 Å². The lowest BCUT2D eigenvalue weighted by Gasteiger charge is -2.06. The Kier molecular flexibility index (Phi) is 5.03. The fourth-order valence-electron chi connectivity index (χ4n) is 1.49. The van der Waals surface area contributed by atoms with E-state index in [1.807, 2.05) is 37.3 Å². The van der Waals surface area contributed by atoms with Crippen LogP contribution in [0, 0.1) is 6.92 Å². The summed E-state index contributed by atoms with van der Waals surface area (Å²) in [6.45, 7) is 1.93. The summed E-state index contributed by atoms with van der Waals surface area (Å²) in [6.07, 6.45) is 1.61. The molecule has 4 nitrogen and oxygen atoms in total. The molecule has 0 bridgehead atoms. The van der Waals surface area contributed by atoms with Gasteiger partial charge >= 0.3 is 0 Å². The molecule has 0 aliphatic carbocycles. The Morgan fingerprint density at radius 3 is 2.70 bits per heavy atom. The zero-order chi connectivity index (χ0) is 14.4. The molecule has 2 N–H and O–H groups in total. The van der Waals surface area contributed by atoms with E-state index in [9.17, 15) is 0 Å². The number of thiocarbonyl (C=S) groups is 1. The van der Waals surface area contributed by atoms with E-state index in [1.165, 1.54) is 0 Å². The van der Waals surface area contributed by atoms with Gasteiger partial charge in [0.25, 0.3) is 0 Å². The minimum atomic E-state index is 0.399. The fourth-order valence-corrected chi connectivity index (χ4v) is 1.78. The number of aromatic nitrogens is 1. The molecular weight excluding hydrogens is 292 g/mol.